The van der Waals surface area contributed by atoms with E-state index in [1.165, 1.54) is 43.4 Å². The van der Waals surface area contributed by atoms with Crippen LogP contribution in [0, 0.1) is 0 Å². The summed E-state index contributed by atoms with van der Waals surface area (Å²) in [4.78, 5) is 0. The molecule has 82 valence electrons. The fraction of sp³-hybridized carbons (Fsp3) is 0.833. The third kappa shape index (κ3) is 5.06. The van der Waals surface area contributed by atoms with Crippen LogP contribution in [0.5, 0.6) is 0 Å². The van der Waals surface area contributed by atoms with Crippen LogP contribution in [0.1, 0.15) is 46.0 Å². The molecule has 0 bridgehead atoms. The number of thioether (sulfide) groups is 1. The van der Waals surface area contributed by atoms with E-state index in [2.05, 4.69) is 19.9 Å². The molecule has 1 rings (SSSR count). The summed E-state index contributed by atoms with van der Waals surface area (Å²) in [6.07, 6.45) is 8.75. The molecule has 1 aliphatic heterocycles. The molecule has 0 aliphatic carbocycles. The number of ether oxygens (including phenoxy) is 1. The molecule has 2 heteroatoms. The molecule has 0 radical (unpaired) electrons. The molecule has 0 aromatic rings. The smallest absolute Gasteiger partial charge is 0.121 e. The van der Waals surface area contributed by atoms with Crippen molar-refractivity contribution in [2.24, 2.45) is 0 Å². The van der Waals surface area contributed by atoms with Gasteiger partial charge < -0.3 is 4.74 Å². The van der Waals surface area contributed by atoms with Crippen molar-refractivity contribution < 1.29 is 4.74 Å². The third-order valence-electron chi connectivity index (χ3n) is 2.45. The topological polar surface area (TPSA) is 9.23 Å². The van der Waals surface area contributed by atoms with Crippen LogP contribution >= 0.6 is 11.8 Å². The predicted octanol–water partition coefficient (Wildman–Crippen LogP) is 3.99. The van der Waals surface area contributed by atoms with Crippen molar-refractivity contribution in [3.8, 4) is 0 Å². The number of allylic oxidation sites excluding steroid dienone is 1. The van der Waals surface area contributed by atoms with E-state index in [4.69, 9.17) is 4.74 Å². The summed E-state index contributed by atoms with van der Waals surface area (Å²) >= 11 is 1.93. The van der Waals surface area contributed by atoms with Gasteiger partial charge in [0.25, 0.3) is 0 Å². The van der Waals surface area contributed by atoms with Crippen LogP contribution in [0.3, 0.4) is 0 Å². The molecule has 0 aromatic heterocycles. The van der Waals surface area contributed by atoms with Crippen LogP contribution in [0.2, 0.25) is 0 Å². The van der Waals surface area contributed by atoms with E-state index in [0.717, 1.165) is 6.61 Å². The zero-order chi connectivity index (χ0) is 10.2. The summed E-state index contributed by atoms with van der Waals surface area (Å²) in [5, 5.41) is 0. The Morgan fingerprint density at radius 2 is 2.36 bits per heavy atom. The first-order chi connectivity index (χ1) is 6.83. The lowest BCUT2D eigenvalue weighted by molar-refractivity contribution is 0.133. The summed E-state index contributed by atoms with van der Waals surface area (Å²) in [6, 6.07) is 0. The van der Waals surface area contributed by atoms with Crippen LogP contribution in [0.25, 0.3) is 0 Å². The maximum atomic E-state index is 5.64. The van der Waals surface area contributed by atoms with Crippen molar-refractivity contribution in [1.29, 1.82) is 0 Å². The van der Waals surface area contributed by atoms with Crippen LogP contribution < -0.4 is 0 Å². The summed E-state index contributed by atoms with van der Waals surface area (Å²) < 4.78 is 5.64. The molecule has 0 aromatic carbocycles. The minimum absolute atomic E-state index is 0.338. The highest BCUT2D eigenvalue weighted by atomic mass is 32.2. The minimum Gasteiger partial charge on any atom is -0.363 e. The van der Waals surface area contributed by atoms with Gasteiger partial charge in [-0.2, -0.15) is 0 Å². The highest BCUT2D eigenvalue weighted by Crippen LogP contribution is 2.22. The second-order valence-electron chi connectivity index (χ2n) is 3.93. The molecule has 1 saturated heterocycles. The van der Waals surface area contributed by atoms with Gasteiger partial charge in [0.15, 0.2) is 0 Å². The molecular formula is C12H22OS. The highest BCUT2D eigenvalue weighted by molar-refractivity contribution is 7.99. The SMILES string of the molecule is CCCCC/C(C)=C/C1OCCCS1. The Hall–Kier alpha value is 0.0500. The molecule has 14 heavy (non-hydrogen) atoms. The Morgan fingerprint density at radius 3 is 3.00 bits per heavy atom. The lowest BCUT2D eigenvalue weighted by atomic mass is 10.1. The normalized spacial score (nSPS) is 23.9. The Labute approximate surface area is 92.3 Å². The monoisotopic (exact) mass is 214 g/mol. The van der Waals surface area contributed by atoms with Gasteiger partial charge in [-0.1, -0.05) is 25.3 Å². The molecule has 0 saturated carbocycles. The number of rotatable bonds is 5. The van der Waals surface area contributed by atoms with Crippen molar-refractivity contribution >= 4 is 11.8 Å². The summed E-state index contributed by atoms with van der Waals surface area (Å²) in [5.74, 6) is 1.25. The first kappa shape index (κ1) is 12.1. The Morgan fingerprint density at radius 1 is 1.50 bits per heavy atom. The average Bonchev–Trinajstić information content (AvgIpc) is 2.20. The molecule has 1 unspecified atom stereocenters. The zero-order valence-corrected chi connectivity index (χ0v) is 10.2. The van der Waals surface area contributed by atoms with E-state index in [0.29, 0.717) is 5.44 Å². The van der Waals surface area contributed by atoms with Gasteiger partial charge in [-0.3, -0.25) is 0 Å². The quantitative estimate of drug-likeness (QED) is 0.505. The van der Waals surface area contributed by atoms with E-state index < -0.39 is 0 Å². The fourth-order valence-corrected chi connectivity index (χ4v) is 2.61. The average molecular weight is 214 g/mol. The van der Waals surface area contributed by atoms with E-state index in [9.17, 15) is 0 Å². The minimum atomic E-state index is 0.338. The van der Waals surface area contributed by atoms with Crippen LogP contribution in [0.15, 0.2) is 11.6 Å². The standard InChI is InChI=1S/C12H22OS/c1-3-4-5-7-11(2)10-12-13-8-6-9-14-12/h10,12H,3-9H2,1-2H3/b11-10+. The summed E-state index contributed by atoms with van der Waals surface area (Å²) in [5.41, 5.74) is 1.84. The van der Waals surface area contributed by atoms with Crippen molar-refractivity contribution in [2.45, 2.75) is 51.4 Å². The van der Waals surface area contributed by atoms with Crippen molar-refractivity contribution in [3.63, 3.8) is 0 Å². The summed E-state index contributed by atoms with van der Waals surface area (Å²) in [7, 11) is 0. The Bertz CT molecular complexity index is 171. The van der Waals surface area contributed by atoms with Gasteiger partial charge in [0.05, 0.1) is 0 Å². The first-order valence-electron chi connectivity index (χ1n) is 5.73. The van der Waals surface area contributed by atoms with Gasteiger partial charge in [0.1, 0.15) is 5.44 Å². The number of hydrogen-bond acceptors (Lipinski definition) is 2. The van der Waals surface area contributed by atoms with Crippen molar-refractivity contribution in [1.82, 2.24) is 0 Å². The van der Waals surface area contributed by atoms with Crippen molar-refractivity contribution in [3.05, 3.63) is 11.6 Å². The fourth-order valence-electron chi connectivity index (χ4n) is 1.57. The van der Waals surface area contributed by atoms with Gasteiger partial charge in [-0.05, 0) is 38.0 Å². The van der Waals surface area contributed by atoms with Crippen molar-refractivity contribution in [2.75, 3.05) is 12.4 Å². The van der Waals surface area contributed by atoms with E-state index in [1.54, 1.807) is 0 Å². The molecule has 0 N–H and O–H groups in total. The van der Waals surface area contributed by atoms with Gasteiger partial charge in [0, 0.05) is 6.61 Å². The van der Waals surface area contributed by atoms with E-state index >= 15 is 0 Å². The lowest BCUT2D eigenvalue weighted by Gasteiger charge is -2.19. The lowest BCUT2D eigenvalue weighted by Crippen LogP contribution is -2.14. The Balaban J connectivity index is 2.19. The van der Waals surface area contributed by atoms with E-state index in [-0.39, 0.29) is 0 Å². The van der Waals surface area contributed by atoms with Gasteiger partial charge in [-0.25, -0.2) is 0 Å². The van der Waals surface area contributed by atoms with Crippen LogP contribution in [-0.4, -0.2) is 17.8 Å². The molecule has 1 atom stereocenters. The van der Waals surface area contributed by atoms with Crippen LogP contribution in [0.4, 0.5) is 0 Å². The van der Waals surface area contributed by atoms with E-state index in [1.807, 2.05) is 11.8 Å². The highest BCUT2D eigenvalue weighted by Gasteiger charge is 2.11. The predicted molar refractivity (Wildman–Crippen MR) is 64.7 cm³/mol. The second-order valence-corrected chi connectivity index (χ2v) is 5.14. The molecule has 0 amide bonds. The molecule has 1 aliphatic rings. The molecule has 0 spiro atoms. The van der Waals surface area contributed by atoms with Gasteiger partial charge >= 0.3 is 0 Å². The summed E-state index contributed by atoms with van der Waals surface area (Å²) in [6.45, 7) is 5.42. The number of hydrogen-bond donors (Lipinski definition) is 0. The zero-order valence-electron chi connectivity index (χ0n) is 9.42. The van der Waals surface area contributed by atoms with Gasteiger partial charge in [-0.15, -0.1) is 11.8 Å². The van der Waals surface area contributed by atoms with Gasteiger partial charge in [0.2, 0.25) is 0 Å². The Kier molecular flexibility index (Phi) is 6.37. The largest absolute Gasteiger partial charge is 0.363 e. The molecule has 1 heterocycles. The maximum absolute atomic E-state index is 5.64. The third-order valence-corrected chi connectivity index (χ3v) is 3.57. The molecular weight excluding hydrogens is 192 g/mol. The second kappa shape index (κ2) is 7.36. The number of unbranched alkanes of at least 4 members (excludes halogenated alkanes) is 2. The first-order valence-corrected chi connectivity index (χ1v) is 6.78. The van der Waals surface area contributed by atoms with Crippen LogP contribution in [-0.2, 0) is 4.74 Å². The molecule has 1 fully saturated rings. The maximum Gasteiger partial charge on any atom is 0.121 e. The molecule has 1 nitrogen and oxygen atoms in total.